The standard InChI is InChI=1S/C26H29N3O2/c1-19-27-18-23(17-20-9-5-3-6-10-20)24(28-19)21-13-15-29(16-14-21)26(30)25(31-2)22-11-7-4-8-12-22/h3-12,18,21,25H,13-17H2,1-2H3. The van der Waals surface area contributed by atoms with Crippen molar-refractivity contribution in [3.05, 3.63) is 95.1 Å². The summed E-state index contributed by atoms with van der Waals surface area (Å²) in [5.74, 6) is 1.17. The predicted octanol–water partition coefficient (Wildman–Crippen LogP) is 4.47. The van der Waals surface area contributed by atoms with Crippen molar-refractivity contribution in [1.29, 1.82) is 0 Å². The molecule has 31 heavy (non-hydrogen) atoms. The Labute approximate surface area is 184 Å². The van der Waals surface area contributed by atoms with Crippen molar-refractivity contribution in [2.24, 2.45) is 0 Å². The van der Waals surface area contributed by atoms with E-state index >= 15 is 0 Å². The fraction of sp³-hybridized carbons (Fsp3) is 0.346. The van der Waals surface area contributed by atoms with Crippen LogP contribution in [0.1, 0.15) is 53.1 Å². The number of likely N-dealkylation sites (tertiary alicyclic amines) is 1. The highest BCUT2D eigenvalue weighted by Gasteiger charge is 2.31. The number of aryl methyl sites for hydroxylation is 1. The third kappa shape index (κ3) is 5.00. The molecule has 1 aliphatic heterocycles. The van der Waals surface area contributed by atoms with Gasteiger partial charge < -0.3 is 9.64 Å². The summed E-state index contributed by atoms with van der Waals surface area (Å²) >= 11 is 0. The van der Waals surface area contributed by atoms with Crippen LogP contribution in [0.3, 0.4) is 0 Å². The minimum absolute atomic E-state index is 0.0375. The Kier molecular flexibility index (Phi) is 6.73. The summed E-state index contributed by atoms with van der Waals surface area (Å²) in [6.07, 6.45) is 4.05. The summed E-state index contributed by atoms with van der Waals surface area (Å²) in [5.41, 5.74) is 4.47. The lowest BCUT2D eigenvalue weighted by Gasteiger charge is -2.34. The molecule has 0 N–H and O–H groups in total. The molecule has 0 radical (unpaired) electrons. The minimum atomic E-state index is -0.548. The molecular formula is C26H29N3O2. The van der Waals surface area contributed by atoms with Crippen LogP contribution in [-0.4, -0.2) is 41.0 Å². The first kappa shape index (κ1) is 21.2. The van der Waals surface area contributed by atoms with Crippen molar-refractivity contribution >= 4 is 5.91 Å². The van der Waals surface area contributed by atoms with Gasteiger partial charge in [-0.15, -0.1) is 0 Å². The second kappa shape index (κ2) is 9.84. The second-order valence-electron chi connectivity index (χ2n) is 8.12. The number of benzene rings is 2. The summed E-state index contributed by atoms with van der Waals surface area (Å²) in [6, 6.07) is 20.1. The van der Waals surface area contributed by atoms with E-state index < -0.39 is 6.10 Å². The van der Waals surface area contributed by atoms with Crippen molar-refractivity contribution < 1.29 is 9.53 Å². The molecule has 1 saturated heterocycles. The number of piperidine rings is 1. The normalized spacial score (nSPS) is 15.6. The maximum Gasteiger partial charge on any atom is 0.256 e. The fourth-order valence-electron chi connectivity index (χ4n) is 4.36. The summed E-state index contributed by atoms with van der Waals surface area (Å²) < 4.78 is 5.55. The molecule has 0 aliphatic carbocycles. The van der Waals surface area contributed by atoms with Crippen LogP contribution in [0, 0.1) is 6.92 Å². The van der Waals surface area contributed by atoms with E-state index in [0.717, 1.165) is 36.3 Å². The van der Waals surface area contributed by atoms with Crippen LogP contribution >= 0.6 is 0 Å². The number of hydrogen-bond donors (Lipinski definition) is 0. The molecule has 0 saturated carbocycles. The lowest BCUT2D eigenvalue weighted by Crippen LogP contribution is -2.41. The molecule has 160 valence electrons. The number of carbonyl (C=O) groups excluding carboxylic acids is 1. The van der Waals surface area contributed by atoms with Gasteiger partial charge in [-0.1, -0.05) is 60.7 Å². The Morgan fingerprint density at radius 3 is 2.35 bits per heavy atom. The molecular weight excluding hydrogens is 386 g/mol. The summed E-state index contributed by atoms with van der Waals surface area (Å²) in [4.78, 5) is 24.3. The molecule has 1 atom stereocenters. The minimum Gasteiger partial charge on any atom is -0.367 e. The molecule has 3 aromatic rings. The first-order valence-corrected chi connectivity index (χ1v) is 10.9. The fourth-order valence-corrected chi connectivity index (χ4v) is 4.36. The maximum atomic E-state index is 13.1. The maximum absolute atomic E-state index is 13.1. The number of hydrogen-bond acceptors (Lipinski definition) is 4. The highest BCUT2D eigenvalue weighted by molar-refractivity contribution is 5.82. The molecule has 2 aromatic carbocycles. The Morgan fingerprint density at radius 1 is 1.06 bits per heavy atom. The monoisotopic (exact) mass is 415 g/mol. The summed E-state index contributed by atoms with van der Waals surface area (Å²) in [7, 11) is 1.60. The Morgan fingerprint density at radius 2 is 1.71 bits per heavy atom. The molecule has 2 heterocycles. The van der Waals surface area contributed by atoms with Gasteiger partial charge in [0.15, 0.2) is 6.10 Å². The van der Waals surface area contributed by atoms with Crippen molar-refractivity contribution in [3.63, 3.8) is 0 Å². The Bertz CT molecular complexity index is 1000. The largest absolute Gasteiger partial charge is 0.367 e. The number of carbonyl (C=O) groups is 1. The molecule has 1 unspecified atom stereocenters. The topological polar surface area (TPSA) is 55.3 Å². The quantitative estimate of drug-likeness (QED) is 0.596. The first-order valence-electron chi connectivity index (χ1n) is 10.9. The van der Waals surface area contributed by atoms with Crippen LogP contribution in [0.25, 0.3) is 0 Å². The molecule has 4 rings (SSSR count). The van der Waals surface area contributed by atoms with E-state index in [1.54, 1.807) is 7.11 Å². The van der Waals surface area contributed by atoms with E-state index in [0.29, 0.717) is 19.0 Å². The molecule has 1 amide bonds. The smallest absolute Gasteiger partial charge is 0.256 e. The van der Waals surface area contributed by atoms with Crippen LogP contribution in [0.15, 0.2) is 66.9 Å². The summed E-state index contributed by atoms with van der Waals surface area (Å²) in [6.45, 7) is 3.37. The Balaban J connectivity index is 1.46. The van der Waals surface area contributed by atoms with Crippen molar-refractivity contribution in [3.8, 4) is 0 Å². The van der Waals surface area contributed by atoms with Crippen molar-refractivity contribution in [2.45, 2.75) is 38.2 Å². The van der Waals surface area contributed by atoms with Gasteiger partial charge in [-0.05, 0) is 36.5 Å². The highest BCUT2D eigenvalue weighted by Crippen LogP contribution is 2.31. The van der Waals surface area contributed by atoms with Crippen LogP contribution in [0.4, 0.5) is 0 Å². The highest BCUT2D eigenvalue weighted by atomic mass is 16.5. The number of ether oxygens (including phenoxy) is 1. The lowest BCUT2D eigenvalue weighted by molar-refractivity contribution is -0.143. The van der Waals surface area contributed by atoms with E-state index in [1.165, 1.54) is 11.1 Å². The van der Waals surface area contributed by atoms with Gasteiger partial charge in [0.1, 0.15) is 5.82 Å². The number of rotatable bonds is 6. The van der Waals surface area contributed by atoms with Gasteiger partial charge in [0.2, 0.25) is 0 Å². The Hall–Kier alpha value is -3.05. The van der Waals surface area contributed by atoms with Crippen molar-refractivity contribution in [1.82, 2.24) is 14.9 Å². The molecule has 1 fully saturated rings. The van der Waals surface area contributed by atoms with Crippen LogP contribution in [0.2, 0.25) is 0 Å². The number of amides is 1. The zero-order valence-corrected chi connectivity index (χ0v) is 18.2. The number of methoxy groups -OCH3 is 1. The second-order valence-corrected chi connectivity index (χ2v) is 8.12. The van der Waals surface area contributed by atoms with E-state index in [-0.39, 0.29) is 5.91 Å². The average molecular weight is 416 g/mol. The van der Waals surface area contributed by atoms with Gasteiger partial charge >= 0.3 is 0 Å². The third-order valence-corrected chi connectivity index (χ3v) is 6.01. The van der Waals surface area contributed by atoms with Gasteiger partial charge in [0.25, 0.3) is 5.91 Å². The zero-order valence-electron chi connectivity index (χ0n) is 18.2. The van der Waals surface area contributed by atoms with E-state index in [2.05, 4.69) is 29.2 Å². The molecule has 5 nitrogen and oxygen atoms in total. The SMILES string of the molecule is COC(C(=O)N1CCC(c2nc(C)ncc2Cc2ccccc2)CC1)c1ccccc1. The van der Waals surface area contributed by atoms with E-state index in [9.17, 15) is 4.79 Å². The van der Waals surface area contributed by atoms with E-state index in [1.807, 2.05) is 54.4 Å². The number of nitrogens with zero attached hydrogens (tertiary/aromatic N) is 3. The van der Waals surface area contributed by atoms with Gasteiger partial charge in [-0.3, -0.25) is 4.79 Å². The zero-order chi connectivity index (χ0) is 21.6. The van der Waals surface area contributed by atoms with Gasteiger partial charge in [-0.2, -0.15) is 0 Å². The average Bonchev–Trinajstić information content (AvgIpc) is 2.82. The first-order chi connectivity index (χ1) is 15.2. The number of aromatic nitrogens is 2. The van der Waals surface area contributed by atoms with Gasteiger partial charge in [0, 0.05) is 38.7 Å². The van der Waals surface area contributed by atoms with Crippen molar-refractivity contribution in [2.75, 3.05) is 20.2 Å². The molecule has 0 bridgehead atoms. The molecule has 5 heteroatoms. The molecule has 1 aliphatic rings. The third-order valence-electron chi connectivity index (χ3n) is 6.01. The molecule has 0 spiro atoms. The summed E-state index contributed by atoms with van der Waals surface area (Å²) in [5, 5.41) is 0. The van der Waals surface area contributed by atoms with E-state index in [4.69, 9.17) is 9.72 Å². The lowest BCUT2D eigenvalue weighted by atomic mass is 9.88. The van der Waals surface area contributed by atoms with Crippen LogP contribution in [-0.2, 0) is 16.0 Å². The van der Waals surface area contributed by atoms with Gasteiger partial charge in [0.05, 0.1) is 5.69 Å². The van der Waals surface area contributed by atoms with Crippen LogP contribution in [0.5, 0.6) is 0 Å². The van der Waals surface area contributed by atoms with Crippen LogP contribution < -0.4 is 0 Å². The molecule has 1 aromatic heterocycles. The predicted molar refractivity (Wildman–Crippen MR) is 121 cm³/mol. The van der Waals surface area contributed by atoms with Gasteiger partial charge in [-0.25, -0.2) is 9.97 Å².